The molecule has 0 aromatic rings. The van der Waals surface area contributed by atoms with Crippen molar-refractivity contribution in [2.75, 3.05) is 0 Å². The summed E-state index contributed by atoms with van der Waals surface area (Å²) < 4.78 is 0. The smallest absolute Gasteiger partial charge is 1.00 e. The van der Waals surface area contributed by atoms with Gasteiger partial charge in [-0.05, 0) is 0 Å². The normalized spacial score (nSPS) is 0. The van der Waals surface area contributed by atoms with Gasteiger partial charge in [0.1, 0.15) is 0 Å². The van der Waals surface area contributed by atoms with E-state index >= 15 is 0 Å². The summed E-state index contributed by atoms with van der Waals surface area (Å²) in [6, 6.07) is 0. The van der Waals surface area contributed by atoms with Crippen molar-refractivity contribution in [3.63, 3.8) is 0 Å². The molecule has 0 rings (SSSR count). The van der Waals surface area contributed by atoms with Crippen LogP contribution < -0.4 is 122 Å². The van der Waals surface area contributed by atoms with E-state index in [9.17, 15) is 0 Å². The van der Waals surface area contributed by atoms with Crippen LogP contribution in [0.2, 0.25) is 0 Å². The molecule has 0 bridgehead atoms. The fourth-order valence-electron chi connectivity index (χ4n) is 0. The van der Waals surface area contributed by atoms with Crippen LogP contribution in [0.25, 0.3) is 0 Å². The maximum Gasteiger partial charge on any atom is 2.00 e. The Morgan fingerprint density at radius 1 is 0.429 bits per heavy atom. The molecule has 0 aromatic heterocycles. The average molecular weight is 178 g/mol. The Labute approximate surface area is 140 Å². The summed E-state index contributed by atoms with van der Waals surface area (Å²) in [4.78, 5) is 0. The van der Waals surface area contributed by atoms with Crippen LogP contribution in [0, 0.1) is 0 Å². The molecule has 0 aromatic carbocycles. The summed E-state index contributed by atoms with van der Waals surface area (Å²) in [5.74, 6) is 0. The molecule has 0 aliphatic carbocycles. The van der Waals surface area contributed by atoms with Gasteiger partial charge in [-0.25, -0.2) is 0 Å². The zero-order valence-electron chi connectivity index (χ0n) is 4.22. The largest absolute Gasteiger partial charge is 2.00 e. The van der Waals surface area contributed by atoms with Gasteiger partial charge in [0.2, 0.25) is 0 Å². The summed E-state index contributed by atoms with van der Waals surface area (Å²) in [7, 11) is 0. The molecular weight excluding hydrogens is 178 g/mol. The molecule has 0 atom stereocenters. The van der Waals surface area contributed by atoms with Crippen molar-refractivity contribution in [2.24, 2.45) is 0 Å². The Kier molecular flexibility index (Phi) is 549. The van der Waals surface area contributed by atoms with Gasteiger partial charge >= 0.3 is 126 Å². The zero-order valence-corrected chi connectivity index (χ0v) is 11.9. The van der Waals surface area contributed by atoms with Crippen molar-refractivity contribution in [2.45, 2.75) is 0 Å². The summed E-state index contributed by atoms with van der Waals surface area (Å²) in [6.07, 6.45) is 0. The molecule has 0 spiro atoms. The van der Waals surface area contributed by atoms with E-state index in [0.717, 1.165) is 0 Å². The predicted octanol–water partition coefficient (Wildman–Crippen LogP) is -18.4. The summed E-state index contributed by atoms with van der Waals surface area (Å²) >= 11 is 0. The van der Waals surface area contributed by atoms with E-state index in [2.05, 4.69) is 0 Å². The van der Waals surface area contributed by atoms with Crippen molar-refractivity contribution >= 4 is 23.1 Å². The third-order valence-electron chi connectivity index (χ3n) is 0. The fraction of sp³-hybridized carbons (Fsp3) is 0. The maximum absolute atomic E-state index is 0. The summed E-state index contributed by atoms with van der Waals surface area (Å²) in [5, 5.41) is 0. The summed E-state index contributed by atoms with van der Waals surface area (Å²) in [5.41, 5.74) is 0. The van der Waals surface area contributed by atoms with E-state index < -0.39 is 0 Å². The molecule has 0 unspecified atom stereocenters. The SMILES string of the molecule is [F-].[F-].[F-].[F-].[K+].[K+].[Mg+2]. The first-order valence-corrected chi connectivity index (χ1v) is 0. The third kappa shape index (κ3) is 41.6. The Morgan fingerprint density at radius 2 is 0.429 bits per heavy atom. The van der Waals surface area contributed by atoms with Crippen LogP contribution in [0.1, 0.15) is 0 Å². The molecule has 0 nitrogen and oxygen atoms in total. The molecule has 0 heterocycles. The van der Waals surface area contributed by atoms with Crippen LogP contribution in [-0.2, 0) is 0 Å². The molecule has 0 N–H and O–H groups in total. The van der Waals surface area contributed by atoms with Crippen molar-refractivity contribution in [1.82, 2.24) is 0 Å². The van der Waals surface area contributed by atoms with E-state index in [1.165, 1.54) is 0 Å². The molecule has 0 radical (unpaired) electrons. The number of hydrogen-bond acceptors (Lipinski definition) is 0. The topological polar surface area (TPSA) is 0 Å². The van der Waals surface area contributed by atoms with Crippen molar-refractivity contribution in [3.05, 3.63) is 0 Å². The maximum atomic E-state index is 0. The van der Waals surface area contributed by atoms with Gasteiger partial charge in [0.05, 0.1) is 0 Å². The molecule has 0 aliphatic heterocycles. The van der Waals surface area contributed by atoms with Crippen molar-refractivity contribution in [3.8, 4) is 0 Å². The fourth-order valence-corrected chi connectivity index (χ4v) is 0. The van der Waals surface area contributed by atoms with Gasteiger partial charge in [-0.15, -0.1) is 0 Å². The molecule has 0 amide bonds. The molecular formula is F4K2Mg. The first kappa shape index (κ1) is 72.5. The zero-order chi connectivity index (χ0) is 0. The minimum absolute atomic E-state index is 0. The molecule has 0 saturated heterocycles. The van der Waals surface area contributed by atoms with Crippen LogP contribution in [0.15, 0.2) is 0 Å². The van der Waals surface area contributed by atoms with Crippen LogP contribution in [0.4, 0.5) is 0 Å². The Hall–Kier alpha value is 3.76. The molecule has 7 heavy (non-hydrogen) atoms. The Bertz CT molecular complexity index is 9.65. The second-order valence-electron chi connectivity index (χ2n) is 0. The molecule has 7 heteroatoms. The number of hydrogen-bond donors (Lipinski definition) is 0. The second-order valence-corrected chi connectivity index (χ2v) is 0. The first-order valence-electron chi connectivity index (χ1n) is 0. The van der Waals surface area contributed by atoms with Crippen molar-refractivity contribution < 1.29 is 122 Å². The second kappa shape index (κ2) is 53.0. The Morgan fingerprint density at radius 3 is 0.429 bits per heavy atom. The first-order chi connectivity index (χ1) is 0. The van der Waals surface area contributed by atoms with Gasteiger partial charge in [0, 0.05) is 0 Å². The van der Waals surface area contributed by atoms with Gasteiger partial charge in [0.25, 0.3) is 0 Å². The van der Waals surface area contributed by atoms with Gasteiger partial charge in [-0.3, -0.25) is 0 Å². The van der Waals surface area contributed by atoms with E-state index in [1.807, 2.05) is 0 Å². The average Bonchev–Trinajstić information content (AvgIpc) is 0. The van der Waals surface area contributed by atoms with Gasteiger partial charge in [0.15, 0.2) is 0 Å². The number of rotatable bonds is 0. The predicted molar refractivity (Wildman–Crippen MR) is 5.75 cm³/mol. The molecule has 0 saturated carbocycles. The molecule has 0 aliphatic rings. The monoisotopic (exact) mass is 178 g/mol. The molecule has 32 valence electrons. The van der Waals surface area contributed by atoms with E-state index in [4.69, 9.17) is 0 Å². The standard InChI is InChI=1S/4FH.2K.Mg/h4*1H;;;/q;;;;2*+1;+2/p-4. The summed E-state index contributed by atoms with van der Waals surface area (Å²) in [6.45, 7) is 0. The molecule has 0 fully saturated rings. The minimum atomic E-state index is 0. The quantitative estimate of drug-likeness (QED) is 0.255. The van der Waals surface area contributed by atoms with E-state index in [1.54, 1.807) is 0 Å². The van der Waals surface area contributed by atoms with Crippen LogP contribution in [0.5, 0.6) is 0 Å². The van der Waals surface area contributed by atoms with Crippen LogP contribution >= 0.6 is 0 Å². The third-order valence-corrected chi connectivity index (χ3v) is 0. The van der Waals surface area contributed by atoms with Gasteiger partial charge in [-0.2, -0.15) is 0 Å². The minimum Gasteiger partial charge on any atom is -1.00 e. The van der Waals surface area contributed by atoms with E-state index in [0.29, 0.717) is 0 Å². The van der Waals surface area contributed by atoms with Crippen molar-refractivity contribution in [1.29, 1.82) is 0 Å². The van der Waals surface area contributed by atoms with E-state index in [-0.39, 0.29) is 145 Å². The van der Waals surface area contributed by atoms with Gasteiger partial charge < -0.3 is 18.8 Å². The number of halogens is 4. The van der Waals surface area contributed by atoms with Crippen LogP contribution in [0.3, 0.4) is 0 Å². The van der Waals surface area contributed by atoms with Gasteiger partial charge in [-0.1, -0.05) is 0 Å². The van der Waals surface area contributed by atoms with Crippen LogP contribution in [-0.4, -0.2) is 23.1 Å². The Balaban J connectivity index is 0.